The summed E-state index contributed by atoms with van der Waals surface area (Å²) in [6.07, 6.45) is -0.246. The first-order valence-electron chi connectivity index (χ1n) is 15.3. The molecule has 2 heterocycles. The fourth-order valence-electron chi connectivity index (χ4n) is 5.80. The average molecular weight is 605 g/mol. The van der Waals surface area contributed by atoms with Gasteiger partial charge in [0.1, 0.15) is 12.3 Å². The predicted molar refractivity (Wildman–Crippen MR) is 163 cm³/mol. The molecule has 1 aromatic rings. The number of carbonyl (C=O) groups is 2. The van der Waals surface area contributed by atoms with Crippen LogP contribution in [-0.4, -0.2) is 84.4 Å². The highest BCUT2D eigenvalue weighted by molar-refractivity contribution is 6.74. The molecule has 1 unspecified atom stereocenters. The molecule has 2 aliphatic heterocycles. The van der Waals surface area contributed by atoms with Gasteiger partial charge in [-0.2, -0.15) is 0 Å². The second kappa shape index (κ2) is 11.9. The van der Waals surface area contributed by atoms with Gasteiger partial charge < -0.3 is 23.7 Å². The maximum atomic E-state index is 14.6. The van der Waals surface area contributed by atoms with Crippen LogP contribution in [0, 0.1) is 11.8 Å². The third kappa shape index (κ3) is 7.27. The molecule has 2 amide bonds. The fraction of sp³-hybridized carbons (Fsp3) is 0.750. The molecule has 0 radical (unpaired) electrons. The molecule has 0 bridgehead atoms. The van der Waals surface area contributed by atoms with Gasteiger partial charge in [0.2, 0.25) is 12.3 Å². The predicted octanol–water partition coefficient (Wildman–Crippen LogP) is 5.52. The molecule has 1 N–H and O–H groups in total. The number of nitrogens with zero attached hydrogens (tertiary/aromatic N) is 2. The van der Waals surface area contributed by atoms with Crippen molar-refractivity contribution < 1.29 is 33.3 Å². The minimum Gasteiger partial charge on any atom is -0.447 e. The zero-order valence-electron chi connectivity index (χ0n) is 27.2. The Morgan fingerprint density at radius 2 is 1.71 bits per heavy atom. The summed E-state index contributed by atoms with van der Waals surface area (Å²) in [5.41, 5.74) is -0.451. The number of rotatable bonds is 10. The van der Waals surface area contributed by atoms with Crippen LogP contribution in [-0.2, 0) is 29.9 Å². The highest BCUT2D eigenvalue weighted by atomic mass is 28.4. The second-order valence-corrected chi connectivity index (χ2v) is 19.9. The van der Waals surface area contributed by atoms with Crippen molar-refractivity contribution in [3.05, 3.63) is 35.9 Å². The molecule has 1 aromatic carbocycles. The normalized spacial score (nSPS) is 25.8. The van der Waals surface area contributed by atoms with E-state index >= 15 is 0 Å². The van der Waals surface area contributed by atoms with E-state index in [9.17, 15) is 14.7 Å². The first kappa shape index (κ1) is 33.1. The van der Waals surface area contributed by atoms with Gasteiger partial charge in [-0.25, -0.2) is 14.6 Å². The molecular formula is C32H52N2O7Si. The van der Waals surface area contributed by atoms with Crippen LogP contribution in [0.25, 0.3) is 0 Å². The lowest BCUT2D eigenvalue weighted by atomic mass is 9.89. The van der Waals surface area contributed by atoms with Crippen LogP contribution in [0.4, 0.5) is 4.79 Å². The van der Waals surface area contributed by atoms with Crippen LogP contribution >= 0.6 is 0 Å². The van der Waals surface area contributed by atoms with Crippen molar-refractivity contribution in [3.8, 4) is 0 Å². The number of benzene rings is 1. The molecule has 2 saturated heterocycles. The van der Waals surface area contributed by atoms with E-state index in [0.717, 1.165) is 18.4 Å². The zero-order valence-corrected chi connectivity index (χ0v) is 28.2. The standard InChI is InChI=1S/C32H52N2O7Si/c1-30(2,3)40-29(37)34-24(20-39-32(34,7)8)26(41-42(9,10)31(4,5)6)25(22-16-17-22)27(35)33-23(19-38-28(33)36)18-21-14-12-11-13-15-21/h11-15,22-26,29,37H,16-20H2,1-10H3/t23-,24-,25-,26+,29?/m1/s1. The summed E-state index contributed by atoms with van der Waals surface area (Å²) >= 11 is 0. The minimum absolute atomic E-state index is 0.0595. The Bertz CT molecular complexity index is 1110. The zero-order chi connectivity index (χ0) is 31.3. The van der Waals surface area contributed by atoms with E-state index in [1.807, 2.05) is 69.9 Å². The third-order valence-electron chi connectivity index (χ3n) is 9.18. The van der Waals surface area contributed by atoms with Crippen LogP contribution in [0.2, 0.25) is 18.1 Å². The van der Waals surface area contributed by atoms with Crippen LogP contribution in [0.3, 0.4) is 0 Å². The highest BCUT2D eigenvalue weighted by Gasteiger charge is 2.58. The van der Waals surface area contributed by atoms with Crippen molar-refractivity contribution >= 4 is 20.3 Å². The quantitative estimate of drug-likeness (QED) is 0.275. The number of ether oxygens (including phenoxy) is 3. The fourth-order valence-corrected chi connectivity index (χ4v) is 7.14. The number of cyclic esters (lactones) is 1. The van der Waals surface area contributed by atoms with Crippen LogP contribution in [0.5, 0.6) is 0 Å². The van der Waals surface area contributed by atoms with Crippen molar-refractivity contribution in [2.24, 2.45) is 11.8 Å². The number of amides is 2. The Labute approximate surface area is 252 Å². The monoisotopic (exact) mass is 604 g/mol. The molecular weight excluding hydrogens is 552 g/mol. The van der Waals surface area contributed by atoms with Crippen molar-refractivity contribution in [3.63, 3.8) is 0 Å². The molecule has 9 nitrogen and oxygen atoms in total. The number of hydrogen-bond donors (Lipinski definition) is 1. The van der Waals surface area contributed by atoms with Crippen molar-refractivity contribution in [1.82, 2.24) is 9.80 Å². The largest absolute Gasteiger partial charge is 0.447 e. The first-order valence-corrected chi connectivity index (χ1v) is 18.2. The minimum atomic E-state index is -2.45. The van der Waals surface area contributed by atoms with Crippen molar-refractivity contribution in [2.45, 2.75) is 129 Å². The van der Waals surface area contributed by atoms with E-state index in [0.29, 0.717) is 6.42 Å². The smallest absolute Gasteiger partial charge is 0.416 e. The topological polar surface area (TPSA) is 97.8 Å². The molecule has 1 aliphatic carbocycles. The van der Waals surface area contributed by atoms with E-state index < -0.39 is 56.3 Å². The Kier molecular flexibility index (Phi) is 9.40. The highest BCUT2D eigenvalue weighted by Crippen LogP contribution is 2.48. The molecule has 4 rings (SSSR count). The molecule has 0 aromatic heterocycles. The van der Waals surface area contributed by atoms with Gasteiger partial charge in [-0.15, -0.1) is 0 Å². The van der Waals surface area contributed by atoms with Gasteiger partial charge in [-0.3, -0.25) is 4.79 Å². The van der Waals surface area contributed by atoms with Gasteiger partial charge in [-0.05, 0) is 83.5 Å². The summed E-state index contributed by atoms with van der Waals surface area (Å²) in [7, 11) is -2.45. The number of carbonyl (C=O) groups excluding carboxylic acids is 2. The summed E-state index contributed by atoms with van der Waals surface area (Å²) in [5, 5.41) is 11.3. The number of aliphatic hydroxyl groups excluding tert-OH is 1. The van der Waals surface area contributed by atoms with Gasteiger partial charge in [0.15, 0.2) is 8.32 Å². The molecule has 3 aliphatic rings. The van der Waals surface area contributed by atoms with Gasteiger partial charge in [0, 0.05) is 0 Å². The molecule has 0 spiro atoms. The van der Waals surface area contributed by atoms with E-state index in [2.05, 4.69) is 33.9 Å². The van der Waals surface area contributed by atoms with E-state index in [-0.39, 0.29) is 30.1 Å². The molecule has 5 atom stereocenters. The summed E-state index contributed by atoms with van der Waals surface area (Å²) in [6, 6.07) is 8.98. The Morgan fingerprint density at radius 3 is 2.26 bits per heavy atom. The lowest BCUT2D eigenvalue weighted by Crippen LogP contribution is -2.62. The van der Waals surface area contributed by atoms with Gasteiger partial charge in [0.05, 0.1) is 36.3 Å². The Hall–Kier alpha value is -1.82. The molecule has 1 saturated carbocycles. The molecule has 10 heteroatoms. The van der Waals surface area contributed by atoms with Crippen LogP contribution < -0.4 is 0 Å². The van der Waals surface area contributed by atoms with Crippen molar-refractivity contribution in [2.75, 3.05) is 13.2 Å². The van der Waals surface area contributed by atoms with Gasteiger partial charge >= 0.3 is 6.09 Å². The van der Waals surface area contributed by atoms with E-state index in [4.69, 9.17) is 18.6 Å². The summed E-state index contributed by atoms with van der Waals surface area (Å²) in [5.74, 6) is -0.806. The maximum absolute atomic E-state index is 14.6. The van der Waals surface area contributed by atoms with Crippen LogP contribution in [0.1, 0.15) is 73.8 Å². The van der Waals surface area contributed by atoms with Crippen LogP contribution in [0.15, 0.2) is 30.3 Å². The van der Waals surface area contributed by atoms with Gasteiger partial charge in [0.25, 0.3) is 0 Å². The van der Waals surface area contributed by atoms with Gasteiger partial charge in [-0.1, -0.05) is 51.1 Å². The summed E-state index contributed by atoms with van der Waals surface area (Å²) in [4.78, 5) is 30.9. The molecule has 236 valence electrons. The van der Waals surface area contributed by atoms with E-state index in [1.165, 1.54) is 4.90 Å². The average Bonchev–Trinajstić information content (AvgIpc) is 3.53. The molecule has 42 heavy (non-hydrogen) atoms. The van der Waals surface area contributed by atoms with E-state index in [1.54, 1.807) is 0 Å². The molecule has 3 fully saturated rings. The lowest BCUT2D eigenvalue weighted by Gasteiger charge is -2.47. The number of imide groups is 1. The number of hydrogen-bond acceptors (Lipinski definition) is 8. The number of aliphatic hydroxyl groups is 1. The third-order valence-corrected chi connectivity index (χ3v) is 13.7. The lowest BCUT2D eigenvalue weighted by molar-refractivity contribution is -0.282. The first-order chi connectivity index (χ1) is 19.3. The second-order valence-electron chi connectivity index (χ2n) is 15.1. The summed E-state index contributed by atoms with van der Waals surface area (Å²) in [6.45, 7) is 20.7. The SMILES string of the molecule is CC(C)(C)OC(O)N1[C@@H]([C@H](O[Si](C)(C)C(C)(C)C)[C@H](C(=O)N2C(=O)OC[C@H]2Cc2ccccc2)C2CC2)COC1(C)C. The Morgan fingerprint density at radius 1 is 1.10 bits per heavy atom. The maximum Gasteiger partial charge on any atom is 0.416 e. The summed E-state index contributed by atoms with van der Waals surface area (Å²) < 4.78 is 24.9. The Balaban J connectivity index is 1.74. The van der Waals surface area contributed by atoms with Crippen molar-refractivity contribution in [1.29, 1.82) is 0 Å².